The molecule has 1 N–H and O–H groups in total. The average Bonchev–Trinajstić information content (AvgIpc) is 1.99. The van der Waals surface area contributed by atoms with Gasteiger partial charge in [-0.1, -0.05) is 19.1 Å². The van der Waals surface area contributed by atoms with Crippen LogP contribution in [0.2, 0.25) is 0 Å². The zero-order valence-corrected chi connectivity index (χ0v) is 6.87. The van der Waals surface area contributed by atoms with Crippen molar-refractivity contribution in [3.63, 3.8) is 0 Å². The number of hydrogen-bond acceptors (Lipinski definition) is 1. The van der Waals surface area contributed by atoms with Crippen LogP contribution in [0.3, 0.4) is 0 Å². The van der Waals surface area contributed by atoms with Crippen LogP contribution in [-0.2, 0) is 4.79 Å². The average molecular weight is 162 g/mol. The van der Waals surface area contributed by atoms with E-state index in [9.17, 15) is 4.79 Å². The Morgan fingerprint density at radius 3 is 2.70 bits per heavy atom. The fourth-order valence-corrected chi connectivity index (χ4v) is 0.490. The minimum atomic E-state index is -0.142. The lowest BCUT2D eigenvalue weighted by Gasteiger charge is -2.02. The van der Waals surface area contributed by atoms with Crippen LogP contribution in [0.4, 0.5) is 0 Å². The number of nitrogens with one attached hydrogen (secondary N) is 1. The van der Waals surface area contributed by atoms with Crippen molar-refractivity contribution in [2.45, 2.75) is 13.3 Å². The second kappa shape index (κ2) is 5.30. The van der Waals surface area contributed by atoms with Gasteiger partial charge in [-0.05, 0) is 6.42 Å². The molecule has 0 radical (unpaired) electrons. The lowest BCUT2D eigenvalue weighted by Crippen LogP contribution is -2.26. The van der Waals surface area contributed by atoms with Crippen LogP contribution in [0.1, 0.15) is 13.3 Å². The molecule has 2 nitrogen and oxygen atoms in total. The first-order chi connectivity index (χ1) is 4.70. The van der Waals surface area contributed by atoms with Crippen molar-refractivity contribution in [2.75, 3.05) is 12.4 Å². The molecule has 0 aliphatic rings. The first-order valence-electron chi connectivity index (χ1n) is 3.20. The van der Waals surface area contributed by atoms with E-state index < -0.39 is 0 Å². The SMILES string of the molecule is C=C(CC)CNC(=O)CCl. The molecule has 0 bridgehead atoms. The molecular weight excluding hydrogens is 150 g/mol. The Kier molecular flexibility index (Phi) is 5.03. The third kappa shape index (κ3) is 4.39. The van der Waals surface area contributed by atoms with Gasteiger partial charge in [0, 0.05) is 6.54 Å². The van der Waals surface area contributed by atoms with E-state index in [1.54, 1.807) is 0 Å². The molecule has 0 heterocycles. The van der Waals surface area contributed by atoms with Gasteiger partial charge in [-0.15, -0.1) is 11.6 Å². The molecule has 0 saturated carbocycles. The van der Waals surface area contributed by atoms with Gasteiger partial charge in [-0.3, -0.25) is 4.79 Å². The maximum atomic E-state index is 10.5. The molecule has 0 atom stereocenters. The monoisotopic (exact) mass is 161 g/mol. The van der Waals surface area contributed by atoms with Crippen molar-refractivity contribution in [1.29, 1.82) is 0 Å². The van der Waals surface area contributed by atoms with Gasteiger partial charge in [-0.2, -0.15) is 0 Å². The molecule has 0 aliphatic carbocycles. The molecule has 0 spiro atoms. The Bertz CT molecular complexity index is 118. The second-order valence-corrected chi connectivity index (χ2v) is 2.28. The summed E-state index contributed by atoms with van der Waals surface area (Å²) in [7, 11) is 0. The summed E-state index contributed by atoms with van der Waals surface area (Å²) in [6.07, 6.45) is 0.891. The fourth-order valence-electron chi connectivity index (χ4n) is 0.396. The molecule has 0 aromatic rings. The van der Waals surface area contributed by atoms with Crippen LogP contribution in [-0.4, -0.2) is 18.3 Å². The number of hydrogen-bond donors (Lipinski definition) is 1. The minimum absolute atomic E-state index is 0.0248. The summed E-state index contributed by atoms with van der Waals surface area (Å²) in [4.78, 5) is 10.5. The molecule has 0 aromatic heterocycles. The van der Waals surface area contributed by atoms with Gasteiger partial charge < -0.3 is 5.32 Å². The van der Waals surface area contributed by atoms with Gasteiger partial charge >= 0.3 is 0 Å². The topological polar surface area (TPSA) is 29.1 Å². The number of carbonyl (C=O) groups excluding carboxylic acids is 1. The van der Waals surface area contributed by atoms with Gasteiger partial charge in [0.1, 0.15) is 5.88 Å². The largest absolute Gasteiger partial charge is 0.351 e. The Labute approximate surface area is 66.3 Å². The van der Waals surface area contributed by atoms with Crippen molar-refractivity contribution in [1.82, 2.24) is 5.32 Å². The number of carbonyl (C=O) groups is 1. The molecule has 0 aromatic carbocycles. The standard InChI is InChI=1S/C7H12ClNO/c1-3-6(2)5-9-7(10)4-8/h2-5H2,1H3,(H,9,10). The van der Waals surface area contributed by atoms with E-state index >= 15 is 0 Å². The van der Waals surface area contributed by atoms with Crippen LogP contribution >= 0.6 is 11.6 Å². The maximum absolute atomic E-state index is 10.5. The van der Waals surface area contributed by atoms with E-state index in [0.717, 1.165) is 12.0 Å². The number of halogens is 1. The molecule has 0 saturated heterocycles. The Morgan fingerprint density at radius 1 is 1.70 bits per heavy atom. The Hall–Kier alpha value is -0.500. The predicted octanol–water partition coefficient (Wildman–Crippen LogP) is 1.31. The van der Waals surface area contributed by atoms with Gasteiger partial charge in [0.2, 0.25) is 5.91 Å². The minimum Gasteiger partial charge on any atom is -0.351 e. The molecule has 0 unspecified atom stereocenters. The highest BCUT2D eigenvalue weighted by Gasteiger charge is 1.96. The summed E-state index contributed by atoms with van der Waals surface area (Å²) in [6, 6.07) is 0. The van der Waals surface area contributed by atoms with Crippen molar-refractivity contribution in [2.24, 2.45) is 0 Å². The highest BCUT2D eigenvalue weighted by atomic mass is 35.5. The van der Waals surface area contributed by atoms with Crippen molar-refractivity contribution in [3.05, 3.63) is 12.2 Å². The number of rotatable bonds is 4. The molecule has 3 heteroatoms. The highest BCUT2D eigenvalue weighted by Crippen LogP contribution is 1.92. The molecular formula is C7H12ClNO. The second-order valence-electron chi connectivity index (χ2n) is 2.01. The van der Waals surface area contributed by atoms with Gasteiger partial charge in [0.15, 0.2) is 0 Å². The molecule has 1 amide bonds. The summed E-state index contributed by atoms with van der Waals surface area (Å²) in [5.74, 6) is -0.118. The van der Waals surface area contributed by atoms with E-state index in [2.05, 4.69) is 11.9 Å². The number of alkyl halides is 1. The molecule has 0 aliphatic heterocycles. The third-order valence-corrected chi connectivity index (χ3v) is 1.40. The molecule has 10 heavy (non-hydrogen) atoms. The van der Waals surface area contributed by atoms with Crippen molar-refractivity contribution >= 4 is 17.5 Å². The van der Waals surface area contributed by atoms with E-state index in [0.29, 0.717) is 6.54 Å². The zero-order chi connectivity index (χ0) is 7.98. The van der Waals surface area contributed by atoms with E-state index in [4.69, 9.17) is 11.6 Å². The Balaban J connectivity index is 3.35. The lowest BCUT2D eigenvalue weighted by molar-refractivity contribution is -0.118. The first kappa shape index (κ1) is 9.50. The summed E-state index contributed by atoms with van der Waals surface area (Å²) in [6.45, 7) is 6.26. The lowest BCUT2D eigenvalue weighted by atomic mass is 10.2. The normalized spacial score (nSPS) is 9.00. The molecule has 0 rings (SSSR count). The van der Waals surface area contributed by atoms with Crippen molar-refractivity contribution < 1.29 is 4.79 Å². The van der Waals surface area contributed by atoms with Crippen LogP contribution in [0.5, 0.6) is 0 Å². The van der Waals surface area contributed by atoms with E-state index in [1.807, 2.05) is 6.92 Å². The van der Waals surface area contributed by atoms with Crippen molar-refractivity contribution in [3.8, 4) is 0 Å². The first-order valence-corrected chi connectivity index (χ1v) is 3.73. The maximum Gasteiger partial charge on any atom is 0.235 e. The summed E-state index contributed by atoms with van der Waals surface area (Å²) in [5, 5.41) is 2.61. The van der Waals surface area contributed by atoms with Crippen LogP contribution in [0.25, 0.3) is 0 Å². The summed E-state index contributed by atoms with van der Waals surface area (Å²) < 4.78 is 0. The number of amides is 1. The quantitative estimate of drug-likeness (QED) is 0.489. The van der Waals surface area contributed by atoms with Gasteiger partial charge in [0.25, 0.3) is 0 Å². The van der Waals surface area contributed by atoms with E-state index in [-0.39, 0.29) is 11.8 Å². The Morgan fingerprint density at radius 2 is 2.30 bits per heavy atom. The summed E-state index contributed by atoms with van der Waals surface area (Å²) >= 11 is 5.24. The molecule has 0 fully saturated rings. The van der Waals surface area contributed by atoms with E-state index in [1.165, 1.54) is 0 Å². The predicted molar refractivity (Wildman–Crippen MR) is 43.2 cm³/mol. The smallest absolute Gasteiger partial charge is 0.235 e. The van der Waals surface area contributed by atoms with Crippen LogP contribution < -0.4 is 5.32 Å². The van der Waals surface area contributed by atoms with Gasteiger partial charge in [0.05, 0.1) is 0 Å². The van der Waals surface area contributed by atoms with Crippen LogP contribution in [0.15, 0.2) is 12.2 Å². The highest BCUT2D eigenvalue weighted by molar-refractivity contribution is 6.27. The van der Waals surface area contributed by atoms with Crippen LogP contribution in [0, 0.1) is 0 Å². The zero-order valence-electron chi connectivity index (χ0n) is 6.11. The summed E-state index contributed by atoms with van der Waals surface area (Å²) in [5.41, 5.74) is 1.01. The fraction of sp³-hybridized carbons (Fsp3) is 0.571. The van der Waals surface area contributed by atoms with Gasteiger partial charge in [-0.25, -0.2) is 0 Å². The molecule has 58 valence electrons. The third-order valence-electron chi connectivity index (χ3n) is 1.16.